The molecule has 7 heteroatoms. The summed E-state index contributed by atoms with van der Waals surface area (Å²) in [6, 6.07) is 9.54. The molecule has 1 aliphatic rings. The first-order valence-corrected chi connectivity index (χ1v) is 9.63. The van der Waals surface area contributed by atoms with Gasteiger partial charge < -0.3 is 4.74 Å². The molecule has 0 amide bonds. The van der Waals surface area contributed by atoms with Crippen molar-refractivity contribution in [2.45, 2.75) is 31.1 Å². The summed E-state index contributed by atoms with van der Waals surface area (Å²) in [4.78, 5) is 4.39. The average Bonchev–Trinajstić information content (AvgIpc) is 2.89. The van der Waals surface area contributed by atoms with E-state index in [4.69, 9.17) is 4.74 Å². The topological polar surface area (TPSA) is 74.1 Å². The predicted octanol–water partition coefficient (Wildman–Crippen LogP) is 1.97. The van der Waals surface area contributed by atoms with E-state index in [-0.39, 0.29) is 17.6 Å². The van der Waals surface area contributed by atoms with E-state index in [1.807, 2.05) is 30.3 Å². The number of aromatic nitrogens is 3. The summed E-state index contributed by atoms with van der Waals surface area (Å²) in [5, 5.41) is 4.32. The van der Waals surface area contributed by atoms with Crippen LogP contribution in [0.5, 0.6) is 0 Å². The van der Waals surface area contributed by atoms with Crippen molar-refractivity contribution in [3.05, 3.63) is 36.2 Å². The van der Waals surface area contributed by atoms with Crippen LogP contribution < -0.4 is 0 Å². The van der Waals surface area contributed by atoms with Crippen LogP contribution in [0.25, 0.3) is 11.4 Å². The van der Waals surface area contributed by atoms with Crippen LogP contribution in [-0.4, -0.2) is 41.6 Å². The largest absolute Gasteiger partial charge is 0.377 e. The molecule has 3 rings (SSSR count). The Morgan fingerprint density at radius 1 is 1.26 bits per heavy atom. The Hall–Kier alpha value is -1.73. The van der Waals surface area contributed by atoms with Crippen molar-refractivity contribution in [3.8, 4) is 11.4 Å². The molecule has 1 atom stereocenters. The van der Waals surface area contributed by atoms with E-state index in [1.54, 1.807) is 11.7 Å². The van der Waals surface area contributed by atoms with Crippen molar-refractivity contribution in [2.75, 3.05) is 12.4 Å². The number of hydrogen-bond donors (Lipinski definition) is 0. The molecule has 1 unspecified atom stereocenters. The molecule has 0 radical (unpaired) electrons. The van der Waals surface area contributed by atoms with Gasteiger partial charge in [0, 0.05) is 19.2 Å². The van der Waals surface area contributed by atoms with E-state index >= 15 is 0 Å². The second-order valence-electron chi connectivity index (χ2n) is 5.88. The van der Waals surface area contributed by atoms with Crippen molar-refractivity contribution in [2.24, 2.45) is 7.05 Å². The lowest BCUT2D eigenvalue weighted by molar-refractivity contribution is 0.0305. The molecule has 0 saturated carbocycles. The number of hydrogen-bond acceptors (Lipinski definition) is 5. The molecular weight excluding hydrogens is 314 g/mol. The van der Waals surface area contributed by atoms with E-state index in [0.29, 0.717) is 18.3 Å². The number of aryl methyl sites for hydroxylation is 1. The summed E-state index contributed by atoms with van der Waals surface area (Å²) in [7, 11) is -1.55. The minimum Gasteiger partial charge on any atom is -0.377 e. The standard InChI is InChI=1S/C16H21N3O3S/c1-19-15(17-16(18-19)13-7-3-2-4-8-13)12-23(20,21)11-14-9-5-6-10-22-14/h2-4,7-8,14H,5-6,9-12H2,1H3. The quantitative estimate of drug-likeness (QED) is 0.835. The van der Waals surface area contributed by atoms with Gasteiger partial charge in [-0.3, -0.25) is 4.68 Å². The van der Waals surface area contributed by atoms with Crippen LogP contribution in [0, 0.1) is 0 Å². The molecule has 0 N–H and O–H groups in total. The molecule has 0 bridgehead atoms. The molecule has 1 aliphatic heterocycles. The Morgan fingerprint density at radius 3 is 2.74 bits per heavy atom. The third-order valence-corrected chi connectivity index (χ3v) is 5.53. The van der Waals surface area contributed by atoms with Crippen LogP contribution in [0.15, 0.2) is 30.3 Å². The number of sulfone groups is 1. The van der Waals surface area contributed by atoms with Crippen LogP contribution in [-0.2, 0) is 27.4 Å². The Morgan fingerprint density at radius 2 is 2.04 bits per heavy atom. The fourth-order valence-corrected chi connectivity index (χ4v) is 4.32. The molecule has 1 aromatic carbocycles. The minimum absolute atomic E-state index is 0.0561. The maximum atomic E-state index is 12.4. The third-order valence-electron chi connectivity index (χ3n) is 3.95. The Labute approximate surface area is 136 Å². The van der Waals surface area contributed by atoms with Crippen LogP contribution in [0.2, 0.25) is 0 Å². The summed E-state index contributed by atoms with van der Waals surface area (Å²) >= 11 is 0. The van der Waals surface area contributed by atoms with Crippen molar-refractivity contribution >= 4 is 9.84 Å². The van der Waals surface area contributed by atoms with Gasteiger partial charge in [0.25, 0.3) is 0 Å². The summed E-state index contributed by atoms with van der Waals surface area (Å²) in [6.07, 6.45) is 2.67. The summed E-state index contributed by atoms with van der Waals surface area (Å²) in [6.45, 7) is 0.655. The van der Waals surface area contributed by atoms with Crippen LogP contribution in [0.1, 0.15) is 25.1 Å². The summed E-state index contributed by atoms with van der Waals surface area (Å²) in [5.74, 6) is 0.955. The SMILES string of the molecule is Cn1nc(-c2ccccc2)nc1CS(=O)(=O)CC1CCCCO1. The highest BCUT2D eigenvalue weighted by Crippen LogP contribution is 2.18. The number of benzene rings is 1. The maximum Gasteiger partial charge on any atom is 0.181 e. The first kappa shape index (κ1) is 16.1. The van der Waals surface area contributed by atoms with Gasteiger partial charge in [0.2, 0.25) is 0 Å². The molecule has 1 saturated heterocycles. The van der Waals surface area contributed by atoms with Gasteiger partial charge in [-0.2, -0.15) is 5.10 Å². The van der Waals surface area contributed by atoms with Gasteiger partial charge in [-0.1, -0.05) is 30.3 Å². The van der Waals surface area contributed by atoms with Crippen LogP contribution >= 0.6 is 0 Å². The van der Waals surface area contributed by atoms with Crippen LogP contribution in [0.4, 0.5) is 0 Å². The molecule has 1 fully saturated rings. The van der Waals surface area contributed by atoms with E-state index in [0.717, 1.165) is 24.8 Å². The average molecular weight is 335 g/mol. The fraction of sp³-hybridized carbons (Fsp3) is 0.500. The van der Waals surface area contributed by atoms with Crippen molar-refractivity contribution < 1.29 is 13.2 Å². The van der Waals surface area contributed by atoms with Gasteiger partial charge in [0.05, 0.1) is 11.9 Å². The van der Waals surface area contributed by atoms with Gasteiger partial charge in [0.1, 0.15) is 11.6 Å². The molecule has 1 aromatic heterocycles. The van der Waals surface area contributed by atoms with Gasteiger partial charge in [0.15, 0.2) is 15.7 Å². The maximum absolute atomic E-state index is 12.4. The van der Waals surface area contributed by atoms with Gasteiger partial charge in [-0.25, -0.2) is 13.4 Å². The highest BCUT2D eigenvalue weighted by Gasteiger charge is 2.24. The Kier molecular flexibility index (Phi) is 4.77. The van der Waals surface area contributed by atoms with Gasteiger partial charge >= 0.3 is 0 Å². The molecule has 0 aliphatic carbocycles. The molecule has 6 nitrogen and oxygen atoms in total. The minimum atomic E-state index is -3.27. The zero-order valence-corrected chi connectivity index (χ0v) is 14.0. The zero-order chi connectivity index (χ0) is 16.3. The van der Waals surface area contributed by atoms with Crippen molar-refractivity contribution in [1.82, 2.24) is 14.8 Å². The highest BCUT2D eigenvalue weighted by molar-refractivity contribution is 7.90. The monoisotopic (exact) mass is 335 g/mol. The smallest absolute Gasteiger partial charge is 0.181 e. The van der Waals surface area contributed by atoms with E-state index in [1.165, 1.54) is 0 Å². The second kappa shape index (κ2) is 6.80. The molecule has 2 aromatic rings. The van der Waals surface area contributed by atoms with Crippen molar-refractivity contribution in [3.63, 3.8) is 0 Å². The molecule has 124 valence electrons. The first-order valence-electron chi connectivity index (χ1n) is 7.81. The number of nitrogens with zero attached hydrogens (tertiary/aromatic N) is 3. The van der Waals surface area contributed by atoms with Gasteiger partial charge in [-0.05, 0) is 19.3 Å². The Bertz CT molecular complexity index is 750. The molecular formula is C16H21N3O3S. The number of rotatable bonds is 5. The fourth-order valence-electron chi connectivity index (χ4n) is 2.73. The number of ether oxygens (including phenoxy) is 1. The van der Waals surface area contributed by atoms with Crippen LogP contribution in [0.3, 0.4) is 0 Å². The predicted molar refractivity (Wildman–Crippen MR) is 87.5 cm³/mol. The Balaban J connectivity index is 1.73. The first-order chi connectivity index (χ1) is 11.0. The highest BCUT2D eigenvalue weighted by atomic mass is 32.2. The van der Waals surface area contributed by atoms with E-state index in [9.17, 15) is 8.42 Å². The van der Waals surface area contributed by atoms with E-state index < -0.39 is 9.84 Å². The van der Waals surface area contributed by atoms with E-state index in [2.05, 4.69) is 10.1 Å². The molecule has 2 heterocycles. The zero-order valence-electron chi connectivity index (χ0n) is 13.2. The molecule has 23 heavy (non-hydrogen) atoms. The summed E-state index contributed by atoms with van der Waals surface area (Å²) < 4.78 is 31.9. The lowest BCUT2D eigenvalue weighted by atomic mass is 10.1. The van der Waals surface area contributed by atoms with Crippen molar-refractivity contribution in [1.29, 1.82) is 0 Å². The normalized spacial score (nSPS) is 18.9. The lowest BCUT2D eigenvalue weighted by Gasteiger charge is -2.22. The third kappa shape index (κ3) is 4.17. The summed E-state index contributed by atoms with van der Waals surface area (Å²) in [5.41, 5.74) is 0.877. The molecule has 0 spiro atoms. The second-order valence-corrected chi connectivity index (χ2v) is 7.99. The lowest BCUT2D eigenvalue weighted by Crippen LogP contribution is -2.28. The van der Waals surface area contributed by atoms with Gasteiger partial charge in [-0.15, -0.1) is 0 Å².